The number of halogens is 1. The van der Waals surface area contributed by atoms with E-state index >= 15 is 0 Å². The first kappa shape index (κ1) is 19.8. The van der Waals surface area contributed by atoms with Gasteiger partial charge >= 0.3 is 0 Å². The Kier molecular flexibility index (Phi) is 6.78. The quantitative estimate of drug-likeness (QED) is 0.501. The predicted molar refractivity (Wildman–Crippen MR) is 119 cm³/mol. The molecule has 0 radical (unpaired) electrons. The van der Waals surface area contributed by atoms with E-state index in [4.69, 9.17) is 12.2 Å². The van der Waals surface area contributed by atoms with Crippen LogP contribution in [0.2, 0.25) is 0 Å². The van der Waals surface area contributed by atoms with Crippen molar-refractivity contribution < 1.29 is 9.59 Å². The lowest BCUT2D eigenvalue weighted by Gasteiger charge is -2.26. The number of likely N-dealkylation sites (tertiary alicyclic amines) is 1. The van der Waals surface area contributed by atoms with Gasteiger partial charge in [0, 0.05) is 33.5 Å². The molecular formula is C20H20IN3O2S. The van der Waals surface area contributed by atoms with Crippen molar-refractivity contribution in [2.45, 2.75) is 19.3 Å². The summed E-state index contributed by atoms with van der Waals surface area (Å²) in [7, 11) is 0. The van der Waals surface area contributed by atoms with Crippen molar-refractivity contribution in [3.05, 3.63) is 63.2 Å². The molecule has 1 saturated heterocycles. The number of anilines is 1. The zero-order chi connectivity index (χ0) is 19.2. The maximum atomic E-state index is 12.5. The second-order valence-electron chi connectivity index (χ2n) is 6.35. The van der Waals surface area contributed by atoms with Crippen molar-refractivity contribution in [3.8, 4) is 0 Å². The number of carbonyl (C=O) groups excluding carboxylic acids is 2. The summed E-state index contributed by atoms with van der Waals surface area (Å²) in [4.78, 5) is 26.6. The molecule has 0 saturated carbocycles. The molecule has 0 bridgehead atoms. The molecule has 0 unspecified atom stereocenters. The fourth-order valence-corrected chi connectivity index (χ4v) is 3.70. The number of rotatable bonds is 3. The van der Waals surface area contributed by atoms with Gasteiger partial charge in [-0.3, -0.25) is 14.9 Å². The Labute approximate surface area is 177 Å². The molecule has 1 aliphatic rings. The first-order valence-electron chi connectivity index (χ1n) is 8.80. The number of amides is 2. The Morgan fingerprint density at radius 2 is 1.67 bits per heavy atom. The molecule has 0 spiro atoms. The summed E-state index contributed by atoms with van der Waals surface area (Å²) in [5.74, 6) is -0.196. The van der Waals surface area contributed by atoms with E-state index in [9.17, 15) is 9.59 Å². The highest BCUT2D eigenvalue weighted by Crippen LogP contribution is 2.15. The Morgan fingerprint density at radius 3 is 2.33 bits per heavy atom. The summed E-state index contributed by atoms with van der Waals surface area (Å²) in [6.45, 7) is 1.65. The normalized spacial score (nSPS) is 13.7. The number of carbonyl (C=O) groups is 2. The predicted octanol–water partition coefficient (Wildman–Crippen LogP) is 4.04. The lowest BCUT2D eigenvalue weighted by Crippen LogP contribution is -2.35. The van der Waals surface area contributed by atoms with Gasteiger partial charge in [-0.2, -0.15) is 0 Å². The standard InChI is InChI=1S/C20H20IN3O2S/c21-16-6-4-5-15(13-16)18(25)23-20(27)22-17-9-7-14(8-10-17)19(26)24-11-2-1-3-12-24/h4-10,13H,1-3,11-12H2,(H2,22,23,25,27). The van der Waals surface area contributed by atoms with Gasteiger partial charge in [-0.25, -0.2) is 0 Å². The number of nitrogens with zero attached hydrogens (tertiary/aromatic N) is 1. The summed E-state index contributed by atoms with van der Waals surface area (Å²) in [5.41, 5.74) is 1.93. The number of thiocarbonyl (C=S) groups is 1. The number of benzene rings is 2. The molecule has 1 heterocycles. The lowest BCUT2D eigenvalue weighted by molar-refractivity contribution is 0.0724. The number of hydrogen-bond donors (Lipinski definition) is 2. The average Bonchev–Trinajstić information content (AvgIpc) is 2.68. The molecule has 27 heavy (non-hydrogen) atoms. The highest BCUT2D eigenvalue weighted by molar-refractivity contribution is 14.1. The van der Waals surface area contributed by atoms with E-state index in [2.05, 4.69) is 33.2 Å². The van der Waals surface area contributed by atoms with Gasteiger partial charge in [0.2, 0.25) is 0 Å². The molecule has 2 N–H and O–H groups in total. The Balaban J connectivity index is 1.56. The monoisotopic (exact) mass is 493 g/mol. The summed E-state index contributed by atoms with van der Waals surface area (Å²) >= 11 is 7.37. The molecule has 2 aromatic carbocycles. The van der Waals surface area contributed by atoms with Crippen LogP contribution in [0.5, 0.6) is 0 Å². The first-order valence-corrected chi connectivity index (χ1v) is 10.3. The van der Waals surface area contributed by atoms with Crippen LogP contribution in [0, 0.1) is 3.57 Å². The van der Waals surface area contributed by atoms with E-state index in [1.807, 2.05) is 17.0 Å². The lowest BCUT2D eigenvalue weighted by atomic mass is 10.1. The van der Waals surface area contributed by atoms with E-state index in [-0.39, 0.29) is 16.9 Å². The number of hydrogen-bond acceptors (Lipinski definition) is 3. The van der Waals surface area contributed by atoms with Gasteiger partial charge in [-0.15, -0.1) is 0 Å². The van der Waals surface area contributed by atoms with E-state index in [0.717, 1.165) is 35.2 Å². The van der Waals surface area contributed by atoms with Crippen LogP contribution >= 0.6 is 34.8 Å². The zero-order valence-corrected chi connectivity index (χ0v) is 17.7. The van der Waals surface area contributed by atoms with Gasteiger partial charge in [0.25, 0.3) is 11.8 Å². The third-order valence-electron chi connectivity index (χ3n) is 4.35. The summed E-state index contributed by atoms with van der Waals surface area (Å²) in [5, 5.41) is 5.86. The SMILES string of the molecule is O=C(NC(=S)Nc1ccc(C(=O)N2CCCCC2)cc1)c1cccc(I)c1. The molecule has 140 valence electrons. The van der Waals surface area contributed by atoms with Crippen LogP contribution in [0.25, 0.3) is 0 Å². The maximum absolute atomic E-state index is 12.5. The first-order chi connectivity index (χ1) is 13.0. The minimum atomic E-state index is -0.261. The van der Waals surface area contributed by atoms with E-state index in [1.165, 1.54) is 6.42 Å². The van der Waals surface area contributed by atoms with Crippen LogP contribution in [-0.2, 0) is 0 Å². The topological polar surface area (TPSA) is 61.4 Å². The minimum Gasteiger partial charge on any atom is -0.339 e. The van der Waals surface area contributed by atoms with E-state index in [0.29, 0.717) is 11.1 Å². The van der Waals surface area contributed by atoms with Crippen LogP contribution in [0.15, 0.2) is 48.5 Å². The average molecular weight is 493 g/mol. The zero-order valence-electron chi connectivity index (χ0n) is 14.7. The molecular weight excluding hydrogens is 473 g/mol. The van der Waals surface area contributed by atoms with Gasteiger partial charge < -0.3 is 10.2 Å². The van der Waals surface area contributed by atoms with Crippen molar-refractivity contribution in [2.75, 3.05) is 18.4 Å². The fourth-order valence-electron chi connectivity index (χ4n) is 2.94. The molecule has 1 fully saturated rings. The van der Waals surface area contributed by atoms with Crippen LogP contribution < -0.4 is 10.6 Å². The van der Waals surface area contributed by atoms with Gasteiger partial charge in [0.15, 0.2) is 5.11 Å². The van der Waals surface area contributed by atoms with Gasteiger partial charge in [0.1, 0.15) is 0 Å². The van der Waals surface area contributed by atoms with Gasteiger partial charge in [0.05, 0.1) is 0 Å². The van der Waals surface area contributed by atoms with Gasteiger partial charge in [-0.1, -0.05) is 6.07 Å². The minimum absolute atomic E-state index is 0.0656. The van der Waals surface area contributed by atoms with E-state index < -0.39 is 0 Å². The molecule has 1 aliphatic heterocycles. The largest absolute Gasteiger partial charge is 0.339 e. The molecule has 2 aromatic rings. The van der Waals surface area contributed by atoms with E-state index in [1.54, 1.807) is 36.4 Å². The highest BCUT2D eigenvalue weighted by Gasteiger charge is 2.18. The number of piperidine rings is 1. The van der Waals surface area contributed by atoms with Crippen molar-refractivity contribution in [2.24, 2.45) is 0 Å². The van der Waals surface area contributed by atoms with Gasteiger partial charge in [-0.05, 0) is 96.5 Å². The third kappa shape index (κ3) is 5.49. The van der Waals surface area contributed by atoms with Crippen molar-refractivity contribution in [1.29, 1.82) is 0 Å². The fraction of sp³-hybridized carbons (Fsp3) is 0.250. The Hall–Kier alpha value is -2.00. The smallest absolute Gasteiger partial charge is 0.257 e. The van der Waals surface area contributed by atoms with Crippen LogP contribution in [-0.4, -0.2) is 34.9 Å². The second-order valence-corrected chi connectivity index (χ2v) is 8.00. The molecule has 0 aliphatic carbocycles. The number of nitrogens with one attached hydrogen (secondary N) is 2. The Morgan fingerprint density at radius 1 is 0.963 bits per heavy atom. The van der Waals surface area contributed by atoms with Crippen LogP contribution in [0.3, 0.4) is 0 Å². The van der Waals surface area contributed by atoms with Crippen molar-refractivity contribution in [3.63, 3.8) is 0 Å². The van der Waals surface area contributed by atoms with Crippen LogP contribution in [0.4, 0.5) is 5.69 Å². The molecule has 2 amide bonds. The summed E-state index contributed by atoms with van der Waals surface area (Å²) in [6.07, 6.45) is 3.33. The summed E-state index contributed by atoms with van der Waals surface area (Å²) < 4.78 is 0.980. The summed E-state index contributed by atoms with van der Waals surface area (Å²) in [6, 6.07) is 14.4. The maximum Gasteiger partial charge on any atom is 0.257 e. The highest BCUT2D eigenvalue weighted by atomic mass is 127. The third-order valence-corrected chi connectivity index (χ3v) is 5.22. The van der Waals surface area contributed by atoms with Crippen molar-refractivity contribution >= 4 is 57.4 Å². The molecule has 5 nitrogen and oxygen atoms in total. The van der Waals surface area contributed by atoms with Crippen molar-refractivity contribution in [1.82, 2.24) is 10.2 Å². The molecule has 0 aromatic heterocycles. The molecule has 0 atom stereocenters. The van der Waals surface area contributed by atoms with Crippen LogP contribution in [0.1, 0.15) is 40.0 Å². The molecule has 7 heteroatoms. The second kappa shape index (κ2) is 9.27. The molecule has 3 rings (SSSR count). The Bertz CT molecular complexity index is 849.